The largest absolute Gasteiger partial charge is 0.0711 e. The Balaban J connectivity index is 1.45. The van der Waals surface area contributed by atoms with Gasteiger partial charge in [-0.3, -0.25) is 0 Å². The lowest BCUT2D eigenvalue weighted by Gasteiger charge is -2.53. The van der Waals surface area contributed by atoms with Gasteiger partial charge in [0.25, 0.3) is 0 Å². The SMILES string of the molecule is CC1CC2C(CC3CCCC3C2C2CCCCC2)C1[Si](C)(C)[Si](C)(C)C1CCCC1. The van der Waals surface area contributed by atoms with E-state index in [9.17, 15) is 0 Å². The highest BCUT2D eigenvalue weighted by Crippen LogP contribution is 2.66. The van der Waals surface area contributed by atoms with Crippen LogP contribution in [0.15, 0.2) is 0 Å². The van der Waals surface area contributed by atoms with Crippen LogP contribution in [-0.4, -0.2) is 15.2 Å². The van der Waals surface area contributed by atoms with Crippen molar-refractivity contribution in [3.8, 4) is 0 Å². The Morgan fingerprint density at radius 1 is 0.533 bits per heavy atom. The van der Waals surface area contributed by atoms with E-state index in [1.165, 1.54) is 12.0 Å². The molecule has 5 rings (SSSR count). The molecule has 0 aromatic rings. The normalized spacial score (nSPS) is 43.7. The lowest BCUT2D eigenvalue weighted by Crippen LogP contribution is -2.62. The number of rotatable bonds is 4. The van der Waals surface area contributed by atoms with Crippen LogP contribution in [0.2, 0.25) is 37.3 Å². The average molecular weight is 445 g/mol. The van der Waals surface area contributed by atoms with E-state index in [0.29, 0.717) is 0 Å². The molecule has 0 aromatic carbocycles. The third-order valence-electron chi connectivity index (χ3n) is 12.6. The molecule has 172 valence electrons. The van der Waals surface area contributed by atoms with Crippen molar-refractivity contribution in [2.75, 3.05) is 0 Å². The second-order valence-electron chi connectivity index (χ2n) is 14.1. The molecule has 7 unspecified atom stereocenters. The first-order chi connectivity index (χ1) is 14.3. The summed E-state index contributed by atoms with van der Waals surface area (Å²) in [5, 5.41) is 0. The van der Waals surface area contributed by atoms with Crippen molar-refractivity contribution in [2.24, 2.45) is 41.4 Å². The third kappa shape index (κ3) is 3.48. The lowest BCUT2D eigenvalue weighted by atomic mass is 9.58. The van der Waals surface area contributed by atoms with E-state index >= 15 is 0 Å². The maximum atomic E-state index is 2.93. The molecule has 5 aliphatic rings. The Kier molecular flexibility index (Phi) is 6.18. The van der Waals surface area contributed by atoms with E-state index in [1.54, 1.807) is 83.5 Å². The topological polar surface area (TPSA) is 0 Å². The molecular weight excluding hydrogens is 392 g/mol. The summed E-state index contributed by atoms with van der Waals surface area (Å²) in [5.74, 6) is 7.85. The van der Waals surface area contributed by atoms with Gasteiger partial charge in [-0.2, -0.15) is 0 Å². The average Bonchev–Trinajstić information content (AvgIpc) is 3.45. The predicted molar refractivity (Wildman–Crippen MR) is 137 cm³/mol. The fourth-order valence-corrected chi connectivity index (χ4v) is 25.7. The summed E-state index contributed by atoms with van der Waals surface area (Å²) < 4.78 is 0. The summed E-state index contributed by atoms with van der Waals surface area (Å²) in [4.78, 5) is 0. The van der Waals surface area contributed by atoms with Gasteiger partial charge in [0.15, 0.2) is 0 Å². The van der Waals surface area contributed by atoms with Crippen LogP contribution in [0.5, 0.6) is 0 Å². The van der Waals surface area contributed by atoms with Crippen molar-refractivity contribution in [2.45, 2.75) is 134 Å². The van der Waals surface area contributed by atoms with Crippen LogP contribution in [0, 0.1) is 41.4 Å². The summed E-state index contributed by atoms with van der Waals surface area (Å²) >= 11 is 0. The van der Waals surface area contributed by atoms with Crippen LogP contribution in [0.3, 0.4) is 0 Å². The fraction of sp³-hybridized carbons (Fsp3) is 1.00. The van der Waals surface area contributed by atoms with Crippen molar-refractivity contribution in [1.29, 1.82) is 0 Å². The van der Waals surface area contributed by atoms with Crippen LogP contribution in [-0.2, 0) is 0 Å². The lowest BCUT2D eigenvalue weighted by molar-refractivity contribution is 0.0160. The predicted octanol–water partition coefficient (Wildman–Crippen LogP) is 9.08. The van der Waals surface area contributed by atoms with E-state index in [2.05, 4.69) is 33.1 Å². The van der Waals surface area contributed by atoms with Gasteiger partial charge in [-0.15, -0.1) is 0 Å². The smallest absolute Gasteiger partial charge is 0.0451 e. The van der Waals surface area contributed by atoms with E-state index in [-0.39, 0.29) is 0 Å². The Labute approximate surface area is 190 Å². The number of hydrogen-bond acceptors (Lipinski definition) is 0. The molecule has 0 N–H and O–H groups in total. The molecule has 0 saturated heterocycles. The molecule has 0 amide bonds. The first-order valence-electron chi connectivity index (χ1n) is 14.3. The molecule has 0 spiro atoms. The van der Waals surface area contributed by atoms with Crippen molar-refractivity contribution in [3.63, 3.8) is 0 Å². The Morgan fingerprint density at radius 2 is 1.17 bits per heavy atom. The minimum atomic E-state index is -1.22. The highest BCUT2D eigenvalue weighted by molar-refractivity contribution is 7.41. The van der Waals surface area contributed by atoms with Gasteiger partial charge in [0, 0.05) is 15.2 Å². The molecule has 0 heterocycles. The Hall–Kier alpha value is 0.434. The first-order valence-corrected chi connectivity index (χ1v) is 21.5. The van der Waals surface area contributed by atoms with Crippen molar-refractivity contribution >= 4 is 15.2 Å². The van der Waals surface area contributed by atoms with Gasteiger partial charge in [-0.1, -0.05) is 104 Å². The summed E-state index contributed by atoms with van der Waals surface area (Å²) in [7, 11) is -2.36. The molecule has 0 nitrogen and oxygen atoms in total. The van der Waals surface area contributed by atoms with E-state index in [1.807, 2.05) is 0 Å². The van der Waals surface area contributed by atoms with Crippen LogP contribution >= 0.6 is 0 Å². The fourth-order valence-electron chi connectivity index (χ4n) is 10.8. The summed E-state index contributed by atoms with van der Waals surface area (Å²) in [6.45, 7) is 14.4. The number of hydrogen-bond donors (Lipinski definition) is 0. The zero-order valence-corrected chi connectivity index (χ0v) is 23.1. The molecule has 5 saturated carbocycles. The van der Waals surface area contributed by atoms with Crippen LogP contribution in [0.1, 0.15) is 96.8 Å². The van der Waals surface area contributed by atoms with E-state index < -0.39 is 15.2 Å². The number of fused-ring (bicyclic) bond motifs is 2. The molecule has 0 radical (unpaired) electrons. The van der Waals surface area contributed by atoms with Crippen molar-refractivity contribution in [1.82, 2.24) is 0 Å². The van der Waals surface area contributed by atoms with Gasteiger partial charge >= 0.3 is 0 Å². The maximum absolute atomic E-state index is 2.93. The maximum Gasteiger partial charge on any atom is 0.0451 e. The molecule has 5 fully saturated rings. The Morgan fingerprint density at radius 3 is 1.87 bits per heavy atom. The molecule has 7 atom stereocenters. The van der Waals surface area contributed by atoms with Crippen LogP contribution < -0.4 is 0 Å². The molecule has 5 aliphatic carbocycles. The van der Waals surface area contributed by atoms with Gasteiger partial charge in [0.2, 0.25) is 0 Å². The van der Waals surface area contributed by atoms with Gasteiger partial charge in [-0.05, 0) is 71.8 Å². The van der Waals surface area contributed by atoms with Crippen LogP contribution in [0.25, 0.3) is 0 Å². The first kappa shape index (κ1) is 22.2. The molecule has 0 aliphatic heterocycles. The quantitative estimate of drug-likeness (QED) is 0.379. The van der Waals surface area contributed by atoms with Gasteiger partial charge < -0.3 is 0 Å². The summed E-state index contributed by atoms with van der Waals surface area (Å²) in [6.07, 6.45) is 22.2. The third-order valence-corrected chi connectivity index (χ3v) is 33.4. The van der Waals surface area contributed by atoms with E-state index in [0.717, 1.165) is 47.0 Å². The zero-order valence-electron chi connectivity index (χ0n) is 21.1. The molecule has 2 heteroatoms. The van der Waals surface area contributed by atoms with E-state index in [4.69, 9.17) is 0 Å². The van der Waals surface area contributed by atoms with Gasteiger partial charge in [0.05, 0.1) is 0 Å². The van der Waals surface area contributed by atoms with Crippen LogP contribution in [0.4, 0.5) is 0 Å². The summed E-state index contributed by atoms with van der Waals surface area (Å²) in [5.41, 5.74) is 2.33. The highest BCUT2D eigenvalue weighted by Gasteiger charge is 2.61. The monoisotopic (exact) mass is 444 g/mol. The highest BCUT2D eigenvalue weighted by atomic mass is 29.3. The molecular formula is C28H52Si2. The van der Waals surface area contributed by atoms with Gasteiger partial charge in [0.1, 0.15) is 0 Å². The van der Waals surface area contributed by atoms with Gasteiger partial charge in [-0.25, -0.2) is 0 Å². The standard InChI is InChI=1S/C28H52Si2/c1-20-18-25-26(28(20)30(4,5)29(2,3)23-15-9-10-16-23)19-22-14-11-17-24(22)27(25)21-12-7-6-8-13-21/h20-28H,6-19H2,1-5H3. The molecule has 0 bridgehead atoms. The zero-order chi connectivity index (χ0) is 21.1. The minimum absolute atomic E-state index is 1.04. The van der Waals surface area contributed by atoms with Crippen molar-refractivity contribution < 1.29 is 0 Å². The second-order valence-corrected chi connectivity index (χ2v) is 30.2. The minimum Gasteiger partial charge on any atom is -0.0711 e. The molecule has 0 aromatic heterocycles. The molecule has 30 heavy (non-hydrogen) atoms. The Bertz CT molecular complexity index is 598. The second kappa shape index (κ2) is 8.33. The van der Waals surface area contributed by atoms with Crippen molar-refractivity contribution in [3.05, 3.63) is 0 Å². The summed E-state index contributed by atoms with van der Waals surface area (Å²) in [6, 6.07) is 0.